The highest BCUT2D eigenvalue weighted by molar-refractivity contribution is 5.89. The van der Waals surface area contributed by atoms with Crippen LogP contribution >= 0.6 is 0 Å². The Bertz CT molecular complexity index is 1140. The molecule has 4 rings (SSSR count). The predicted molar refractivity (Wildman–Crippen MR) is 91.0 cm³/mol. The van der Waals surface area contributed by atoms with Gasteiger partial charge in [0, 0.05) is 30.2 Å². The van der Waals surface area contributed by atoms with Gasteiger partial charge in [-0.15, -0.1) is 0 Å². The Morgan fingerprint density at radius 3 is 2.39 bits per heavy atom. The number of alkyl halides is 3. The standard InChI is InChI=1S/C18H11F4N5O/c1-28-14-5-2-10(6-24-14)15-16(13-4-3-12(19)8-23-13)26-27-9-11(18(20,21)22)7-25-17(15)27/h2-9H,1H3. The Hall–Kier alpha value is -3.56. The van der Waals surface area contributed by atoms with Gasteiger partial charge in [-0.1, -0.05) is 0 Å². The number of halogens is 4. The second kappa shape index (κ2) is 6.55. The number of nitrogens with zero attached hydrogens (tertiary/aromatic N) is 5. The highest BCUT2D eigenvalue weighted by Gasteiger charge is 2.32. The van der Waals surface area contributed by atoms with Gasteiger partial charge in [0.2, 0.25) is 5.88 Å². The fraction of sp³-hybridized carbons (Fsp3) is 0.111. The van der Waals surface area contributed by atoms with Crippen molar-refractivity contribution in [3.8, 4) is 28.4 Å². The van der Waals surface area contributed by atoms with Gasteiger partial charge in [-0.25, -0.2) is 18.9 Å². The van der Waals surface area contributed by atoms with Gasteiger partial charge >= 0.3 is 6.18 Å². The molecule has 0 saturated carbocycles. The molecule has 0 fully saturated rings. The molecule has 142 valence electrons. The van der Waals surface area contributed by atoms with E-state index >= 15 is 0 Å². The van der Waals surface area contributed by atoms with Crippen molar-refractivity contribution in [1.29, 1.82) is 0 Å². The summed E-state index contributed by atoms with van der Waals surface area (Å²) in [5.41, 5.74) is 0.735. The molecule has 4 heterocycles. The third kappa shape index (κ3) is 3.13. The fourth-order valence-corrected chi connectivity index (χ4v) is 2.69. The van der Waals surface area contributed by atoms with E-state index < -0.39 is 17.6 Å². The topological polar surface area (TPSA) is 65.2 Å². The molecule has 28 heavy (non-hydrogen) atoms. The number of methoxy groups -OCH3 is 1. The summed E-state index contributed by atoms with van der Waals surface area (Å²) >= 11 is 0. The zero-order valence-corrected chi connectivity index (χ0v) is 14.3. The molecule has 0 aromatic carbocycles. The van der Waals surface area contributed by atoms with Gasteiger partial charge in [0.15, 0.2) is 5.65 Å². The average molecular weight is 389 g/mol. The van der Waals surface area contributed by atoms with E-state index in [1.165, 1.54) is 25.4 Å². The molecule has 0 aliphatic rings. The maximum atomic E-state index is 13.2. The molecule has 0 aliphatic heterocycles. The number of aromatic nitrogens is 5. The van der Waals surface area contributed by atoms with Crippen LogP contribution in [0.4, 0.5) is 17.6 Å². The first-order chi connectivity index (χ1) is 13.4. The molecule has 0 aliphatic carbocycles. The van der Waals surface area contributed by atoms with Crippen molar-refractivity contribution >= 4 is 5.65 Å². The lowest BCUT2D eigenvalue weighted by atomic mass is 10.1. The lowest BCUT2D eigenvalue weighted by molar-refractivity contribution is -0.138. The second-order valence-corrected chi connectivity index (χ2v) is 5.78. The summed E-state index contributed by atoms with van der Waals surface area (Å²) in [7, 11) is 1.46. The maximum Gasteiger partial charge on any atom is 0.419 e. The van der Waals surface area contributed by atoms with Crippen LogP contribution in [0.15, 0.2) is 49.1 Å². The van der Waals surface area contributed by atoms with Crippen LogP contribution in [0.3, 0.4) is 0 Å². The number of rotatable bonds is 3. The highest BCUT2D eigenvalue weighted by Crippen LogP contribution is 2.35. The van der Waals surface area contributed by atoms with Crippen molar-refractivity contribution in [3.05, 3.63) is 60.4 Å². The first-order valence-electron chi connectivity index (χ1n) is 7.95. The number of fused-ring (bicyclic) bond motifs is 1. The molecule has 4 aromatic rings. The van der Waals surface area contributed by atoms with E-state index in [0.717, 1.165) is 23.1 Å². The minimum Gasteiger partial charge on any atom is -0.481 e. The van der Waals surface area contributed by atoms with E-state index in [-0.39, 0.29) is 17.0 Å². The molecule has 0 saturated heterocycles. The smallest absolute Gasteiger partial charge is 0.419 e. The van der Waals surface area contributed by atoms with Crippen molar-refractivity contribution in [2.45, 2.75) is 6.18 Å². The van der Waals surface area contributed by atoms with Crippen LogP contribution in [-0.2, 0) is 6.18 Å². The van der Waals surface area contributed by atoms with Gasteiger partial charge in [0.05, 0.1) is 30.1 Å². The Balaban J connectivity index is 1.98. The van der Waals surface area contributed by atoms with E-state index in [4.69, 9.17) is 4.74 Å². The summed E-state index contributed by atoms with van der Waals surface area (Å²) in [5.74, 6) is -0.174. The van der Waals surface area contributed by atoms with Crippen LogP contribution in [0.2, 0.25) is 0 Å². The zero-order chi connectivity index (χ0) is 19.9. The monoisotopic (exact) mass is 389 g/mol. The van der Waals surface area contributed by atoms with Gasteiger partial charge in [-0.3, -0.25) is 4.98 Å². The molecule has 4 aromatic heterocycles. The number of hydrogen-bond acceptors (Lipinski definition) is 5. The van der Waals surface area contributed by atoms with Crippen molar-refractivity contribution in [1.82, 2.24) is 24.6 Å². The van der Waals surface area contributed by atoms with Gasteiger partial charge in [0.25, 0.3) is 0 Å². The molecule has 0 N–H and O–H groups in total. The third-order valence-corrected chi connectivity index (χ3v) is 4.00. The molecular formula is C18H11F4N5O. The largest absolute Gasteiger partial charge is 0.481 e. The van der Waals surface area contributed by atoms with E-state index in [2.05, 4.69) is 20.1 Å². The summed E-state index contributed by atoms with van der Waals surface area (Å²) in [4.78, 5) is 12.1. The molecule has 10 heteroatoms. The van der Waals surface area contributed by atoms with E-state index in [9.17, 15) is 17.6 Å². The van der Waals surface area contributed by atoms with Crippen molar-refractivity contribution in [3.63, 3.8) is 0 Å². The summed E-state index contributed by atoms with van der Waals surface area (Å²) in [5, 5.41) is 4.22. The molecule has 0 bridgehead atoms. The predicted octanol–water partition coefficient (Wildman–Crippen LogP) is 4.02. The van der Waals surface area contributed by atoms with Crippen LogP contribution in [0, 0.1) is 5.82 Å². The quantitative estimate of drug-likeness (QED) is 0.495. The van der Waals surface area contributed by atoms with Crippen molar-refractivity contribution in [2.75, 3.05) is 7.11 Å². The van der Waals surface area contributed by atoms with Crippen molar-refractivity contribution < 1.29 is 22.3 Å². The highest BCUT2D eigenvalue weighted by atomic mass is 19.4. The van der Waals surface area contributed by atoms with Crippen LogP contribution in [-0.4, -0.2) is 31.7 Å². The first-order valence-corrected chi connectivity index (χ1v) is 7.95. The van der Waals surface area contributed by atoms with Crippen LogP contribution in [0.5, 0.6) is 5.88 Å². The Labute approximate surface area is 155 Å². The summed E-state index contributed by atoms with van der Waals surface area (Å²) < 4.78 is 58.4. The molecular weight excluding hydrogens is 378 g/mol. The van der Waals surface area contributed by atoms with Gasteiger partial charge in [-0.2, -0.15) is 18.3 Å². The van der Waals surface area contributed by atoms with Gasteiger partial charge in [-0.05, 0) is 18.2 Å². The van der Waals surface area contributed by atoms with E-state index in [1.54, 1.807) is 12.1 Å². The lowest BCUT2D eigenvalue weighted by Gasteiger charge is -2.06. The number of ether oxygens (including phenoxy) is 1. The summed E-state index contributed by atoms with van der Waals surface area (Å²) in [6, 6.07) is 5.86. The SMILES string of the molecule is COc1ccc(-c2c(-c3ccc(F)cn3)nn3cc(C(F)(F)F)cnc23)cn1. The van der Waals surface area contributed by atoms with Crippen LogP contribution in [0.25, 0.3) is 28.2 Å². The summed E-state index contributed by atoms with van der Waals surface area (Å²) in [6.45, 7) is 0. The minimum atomic E-state index is -4.57. The van der Waals surface area contributed by atoms with Gasteiger partial charge < -0.3 is 4.74 Å². The Morgan fingerprint density at radius 2 is 1.79 bits per heavy atom. The van der Waals surface area contributed by atoms with Crippen LogP contribution < -0.4 is 4.74 Å². The number of pyridine rings is 2. The number of hydrogen-bond donors (Lipinski definition) is 0. The van der Waals surface area contributed by atoms with Crippen LogP contribution in [0.1, 0.15) is 5.56 Å². The molecule has 0 unspecified atom stereocenters. The van der Waals surface area contributed by atoms with Crippen molar-refractivity contribution in [2.24, 2.45) is 0 Å². The summed E-state index contributed by atoms with van der Waals surface area (Å²) in [6.07, 6.45) is -0.495. The molecule has 0 radical (unpaired) electrons. The minimum absolute atomic E-state index is 0.182. The average Bonchev–Trinajstić information content (AvgIpc) is 3.06. The maximum absolute atomic E-state index is 13.2. The third-order valence-electron chi connectivity index (χ3n) is 4.00. The molecule has 0 atom stereocenters. The lowest BCUT2D eigenvalue weighted by Crippen LogP contribution is -2.07. The fourth-order valence-electron chi connectivity index (χ4n) is 2.69. The Kier molecular flexibility index (Phi) is 4.17. The first kappa shape index (κ1) is 17.8. The zero-order valence-electron chi connectivity index (χ0n) is 14.3. The van der Waals surface area contributed by atoms with E-state index in [1.807, 2.05) is 0 Å². The normalized spacial score (nSPS) is 11.8. The second-order valence-electron chi connectivity index (χ2n) is 5.78. The molecule has 0 spiro atoms. The molecule has 6 nitrogen and oxygen atoms in total. The molecule has 0 amide bonds. The Morgan fingerprint density at radius 1 is 0.964 bits per heavy atom. The van der Waals surface area contributed by atoms with Gasteiger partial charge in [0.1, 0.15) is 11.5 Å². The van der Waals surface area contributed by atoms with E-state index in [0.29, 0.717) is 17.0 Å².